The Labute approximate surface area is 222 Å². The van der Waals surface area contributed by atoms with Gasteiger partial charge in [0.15, 0.2) is 17.3 Å². The summed E-state index contributed by atoms with van der Waals surface area (Å²) in [6.45, 7) is 0.836. The van der Waals surface area contributed by atoms with Crippen molar-refractivity contribution >= 4 is 17.3 Å². The van der Waals surface area contributed by atoms with Crippen LogP contribution in [0.2, 0.25) is 0 Å². The Kier molecular flexibility index (Phi) is 6.59. The average Bonchev–Trinajstić information content (AvgIpc) is 3.23. The Morgan fingerprint density at radius 3 is 2.54 bits per heavy atom. The van der Waals surface area contributed by atoms with Crippen LogP contribution in [0.15, 0.2) is 59.7 Å². The first-order valence-electron chi connectivity index (χ1n) is 13.1. The zero-order valence-electron chi connectivity index (χ0n) is 21.1. The Morgan fingerprint density at radius 2 is 1.72 bits per heavy atom. The molecule has 39 heavy (non-hydrogen) atoms. The topological polar surface area (TPSA) is 119 Å². The van der Waals surface area contributed by atoms with E-state index in [1.54, 1.807) is 46.1 Å². The predicted octanol–water partition coefficient (Wildman–Crippen LogP) is 4.49. The molecule has 3 atom stereocenters. The lowest BCUT2D eigenvalue weighted by Gasteiger charge is -2.33. The monoisotopic (exact) mass is 534 g/mol. The van der Waals surface area contributed by atoms with Gasteiger partial charge in [0.05, 0.1) is 11.2 Å². The molecule has 202 valence electrons. The lowest BCUT2D eigenvalue weighted by atomic mass is 9.86. The van der Waals surface area contributed by atoms with Crippen molar-refractivity contribution in [3.05, 3.63) is 93.8 Å². The van der Waals surface area contributed by atoms with E-state index in [4.69, 9.17) is 10.5 Å². The number of nitrogens with two attached hydrogens (primary N) is 1. The number of nitrogens with one attached hydrogen (secondary N) is 1. The molecule has 1 aliphatic carbocycles. The first kappa shape index (κ1) is 25.2. The smallest absolute Gasteiger partial charge is 0.410 e. The standard InChI is InChI=1S/C28H28F2N6O3/c29-20-6-1-4-17(23(20)30)18-8-9-22(25-19(24(18)31)5-2-12-32-25)39-28(38)35-14-10-16(11-15-35)36-21-7-3-13-33-26(21)34-27(36)37/h1-7,12-13,16,18,22,24H,8-11,14-15,31H2,(H,33,34,37)/t18-,22+,24+/m1/s1. The third-order valence-electron chi connectivity index (χ3n) is 7.91. The number of H-pyrrole nitrogens is 1. The number of amides is 1. The number of fused-ring (bicyclic) bond motifs is 2. The lowest BCUT2D eigenvalue weighted by molar-refractivity contribution is 0.0472. The van der Waals surface area contributed by atoms with Crippen LogP contribution in [0.25, 0.3) is 11.2 Å². The largest absolute Gasteiger partial charge is 0.440 e. The van der Waals surface area contributed by atoms with E-state index in [0.717, 1.165) is 11.6 Å². The molecule has 1 aromatic carbocycles. The SMILES string of the molecule is N[C@@H]1c2cccnc2[C@@H](OC(=O)N2CCC(n3c(=O)[nH]c4ncccc43)CC2)CC[C@@H]1c1cccc(F)c1F. The number of carbonyl (C=O) groups excluding carboxylic acids is 1. The maximum absolute atomic E-state index is 14.7. The van der Waals surface area contributed by atoms with Gasteiger partial charge in [-0.3, -0.25) is 14.5 Å². The van der Waals surface area contributed by atoms with E-state index in [-0.39, 0.29) is 17.3 Å². The van der Waals surface area contributed by atoms with Gasteiger partial charge in [0.25, 0.3) is 0 Å². The highest BCUT2D eigenvalue weighted by Gasteiger charge is 2.36. The second kappa shape index (κ2) is 10.2. The molecule has 3 N–H and O–H groups in total. The van der Waals surface area contributed by atoms with Crippen LogP contribution in [0, 0.1) is 11.6 Å². The molecular formula is C28H28F2N6O3. The minimum Gasteiger partial charge on any atom is -0.440 e. The van der Waals surface area contributed by atoms with E-state index < -0.39 is 35.8 Å². The molecule has 1 amide bonds. The molecule has 0 bridgehead atoms. The summed E-state index contributed by atoms with van der Waals surface area (Å²) in [4.78, 5) is 38.9. The van der Waals surface area contributed by atoms with Gasteiger partial charge in [0, 0.05) is 43.5 Å². The van der Waals surface area contributed by atoms with Crippen molar-refractivity contribution in [2.24, 2.45) is 5.73 Å². The van der Waals surface area contributed by atoms with Crippen molar-refractivity contribution in [2.75, 3.05) is 13.1 Å². The van der Waals surface area contributed by atoms with Crippen LogP contribution < -0.4 is 11.4 Å². The average molecular weight is 535 g/mol. The number of rotatable bonds is 3. The summed E-state index contributed by atoms with van der Waals surface area (Å²) in [5.41, 5.74) is 9.02. The van der Waals surface area contributed by atoms with Gasteiger partial charge >= 0.3 is 11.8 Å². The molecule has 4 aromatic rings. The number of halogens is 2. The number of benzene rings is 1. The zero-order chi connectivity index (χ0) is 27.1. The number of likely N-dealkylation sites (tertiary alicyclic amines) is 1. The summed E-state index contributed by atoms with van der Waals surface area (Å²) in [5, 5.41) is 0. The van der Waals surface area contributed by atoms with Crippen molar-refractivity contribution < 1.29 is 18.3 Å². The Balaban J connectivity index is 1.18. The fourth-order valence-electron chi connectivity index (χ4n) is 5.94. The molecule has 0 radical (unpaired) electrons. The van der Waals surface area contributed by atoms with E-state index in [1.807, 2.05) is 6.07 Å². The van der Waals surface area contributed by atoms with Gasteiger partial charge in [-0.25, -0.2) is 23.4 Å². The van der Waals surface area contributed by atoms with Crippen molar-refractivity contribution in [3.63, 3.8) is 0 Å². The van der Waals surface area contributed by atoms with E-state index in [2.05, 4.69) is 15.0 Å². The quantitative estimate of drug-likeness (QED) is 0.374. The highest BCUT2D eigenvalue weighted by molar-refractivity contribution is 5.70. The van der Waals surface area contributed by atoms with Gasteiger partial charge in [-0.2, -0.15) is 0 Å². The summed E-state index contributed by atoms with van der Waals surface area (Å²) < 4.78 is 36.4. The number of hydrogen-bond donors (Lipinski definition) is 2. The Bertz CT molecular complexity index is 1580. The first-order chi connectivity index (χ1) is 18.9. The van der Waals surface area contributed by atoms with Gasteiger partial charge < -0.3 is 15.4 Å². The molecule has 0 saturated carbocycles. The van der Waals surface area contributed by atoms with Crippen LogP contribution in [0.1, 0.15) is 66.6 Å². The second-order valence-corrected chi connectivity index (χ2v) is 10.1. The number of piperidine rings is 1. The number of aromatic amines is 1. The maximum Gasteiger partial charge on any atom is 0.410 e. The molecule has 3 aromatic heterocycles. The third kappa shape index (κ3) is 4.56. The number of carbonyl (C=O) groups is 1. The van der Waals surface area contributed by atoms with Gasteiger partial charge in [-0.15, -0.1) is 0 Å². The molecule has 1 fully saturated rings. The van der Waals surface area contributed by atoms with Gasteiger partial charge in [0.1, 0.15) is 6.10 Å². The maximum atomic E-state index is 14.7. The number of nitrogens with zero attached hydrogens (tertiary/aromatic N) is 4. The fraction of sp³-hybridized carbons (Fsp3) is 0.357. The van der Waals surface area contributed by atoms with Gasteiger partial charge in [-0.1, -0.05) is 18.2 Å². The van der Waals surface area contributed by atoms with Crippen LogP contribution >= 0.6 is 0 Å². The van der Waals surface area contributed by atoms with E-state index in [9.17, 15) is 18.4 Å². The predicted molar refractivity (Wildman–Crippen MR) is 139 cm³/mol. The summed E-state index contributed by atoms with van der Waals surface area (Å²) in [6.07, 6.45) is 3.99. The summed E-state index contributed by atoms with van der Waals surface area (Å²) in [7, 11) is 0. The zero-order valence-corrected chi connectivity index (χ0v) is 21.1. The molecule has 1 aliphatic heterocycles. The molecule has 9 nitrogen and oxygen atoms in total. The molecule has 1 saturated heterocycles. The van der Waals surface area contributed by atoms with Crippen LogP contribution in [0.3, 0.4) is 0 Å². The molecule has 0 spiro atoms. The molecular weight excluding hydrogens is 506 g/mol. The number of pyridine rings is 2. The second-order valence-electron chi connectivity index (χ2n) is 10.1. The van der Waals surface area contributed by atoms with Gasteiger partial charge in [-0.05, 0) is 61.1 Å². The van der Waals surface area contributed by atoms with E-state index in [0.29, 0.717) is 55.7 Å². The van der Waals surface area contributed by atoms with Crippen molar-refractivity contribution in [3.8, 4) is 0 Å². The molecule has 4 heterocycles. The van der Waals surface area contributed by atoms with Crippen LogP contribution in [-0.4, -0.2) is 43.6 Å². The summed E-state index contributed by atoms with van der Waals surface area (Å²) in [5.74, 6) is -2.34. The number of imidazole rings is 1. The highest BCUT2D eigenvalue weighted by Crippen LogP contribution is 2.43. The lowest BCUT2D eigenvalue weighted by Crippen LogP contribution is -2.41. The first-order valence-corrected chi connectivity index (χ1v) is 13.1. The number of hydrogen-bond acceptors (Lipinski definition) is 6. The molecule has 6 rings (SSSR count). The van der Waals surface area contributed by atoms with Crippen LogP contribution in [-0.2, 0) is 4.74 Å². The Morgan fingerprint density at radius 1 is 0.974 bits per heavy atom. The molecule has 11 heteroatoms. The molecule has 2 aliphatic rings. The van der Waals surface area contributed by atoms with Crippen LogP contribution in [0.5, 0.6) is 0 Å². The number of ether oxygens (including phenoxy) is 1. The minimum absolute atomic E-state index is 0.0697. The summed E-state index contributed by atoms with van der Waals surface area (Å²) in [6, 6.07) is 10.5. The number of aromatic nitrogens is 4. The third-order valence-corrected chi connectivity index (χ3v) is 7.91. The van der Waals surface area contributed by atoms with Gasteiger partial charge in [0.2, 0.25) is 0 Å². The fourth-order valence-corrected chi connectivity index (χ4v) is 5.94. The van der Waals surface area contributed by atoms with Crippen molar-refractivity contribution in [2.45, 2.75) is 49.8 Å². The highest BCUT2D eigenvalue weighted by atomic mass is 19.2. The van der Waals surface area contributed by atoms with Crippen molar-refractivity contribution in [1.29, 1.82) is 0 Å². The minimum atomic E-state index is -0.923. The van der Waals surface area contributed by atoms with E-state index >= 15 is 0 Å². The normalized spacial score (nSPS) is 21.9. The van der Waals surface area contributed by atoms with Crippen LogP contribution in [0.4, 0.5) is 13.6 Å². The Hall–Kier alpha value is -4.12. The molecule has 0 unspecified atom stereocenters. The van der Waals surface area contributed by atoms with E-state index in [1.165, 1.54) is 6.07 Å². The van der Waals surface area contributed by atoms with Crippen molar-refractivity contribution in [1.82, 2.24) is 24.4 Å². The summed E-state index contributed by atoms with van der Waals surface area (Å²) >= 11 is 0.